The minimum Gasteiger partial charge on any atom is -0.490 e. The molecule has 3 aromatic carbocycles. The van der Waals surface area contributed by atoms with E-state index in [2.05, 4.69) is 50.5 Å². The van der Waals surface area contributed by atoms with Crippen molar-refractivity contribution in [3.8, 4) is 17.2 Å². The van der Waals surface area contributed by atoms with Crippen LogP contribution in [0, 0.1) is 15.5 Å². The van der Waals surface area contributed by atoms with Crippen LogP contribution in [0.5, 0.6) is 17.2 Å². The number of rotatable bonds is 10. The van der Waals surface area contributed by atoms with E-state index in [-0.39, 0.29) is 34.3 Å². The zero-order valence-electron chi connectivity index (χ0n) is 32.6. The number of anilines is 1. The molecule has 4 heterocycles. The first-order valence-electron chi connectivity index (χ1n) is 19.5. The van der Waals surface area contributed by atoms with Gasteiger partial charge in [-0.25, -0.2) is 18.1 Å². The van der Waals surface area contributed by atoms with Crippen molar-refractivity contribution in [2.75, 3.05) is 37.6 Å². The van der Waals surface area contributed by atoms with Crippen molar-refractivity contribution in [2.45, 2.75) is 63.9 Å². The summed E-state index contributed by atoms with van der Waals surface area (Å²) in [6.07, 6.45) is 7.15. The molecule has 1 unspecified atom stereocenters. The van der Waals surface area contributed by atoms with Crippen LogP contribution in [-0.2, 0) is 16.4 Å². The first kappa shape index (κ1) is 39.4. The van der Waals surface area contributed by atoms with E-state index in [0.29, 0.717) is 29.8 Å². The van der Waals surface area contributed by atoms with Crippen LogP contribution in [0.1, 0.15) is 67.9 Å². The number of sulfonamides is 1. The van der Waals surface area contributed by atoms with E-state index < -0.39 is 25.7 Å². The number of halogens is 1. The van der Waals surface area contributed by atoms with Gasteiger partial charge in [-0.2, -0.15) is 0 Å². The Morgan fingerprint density at radius 1 is 1.07 bits per heavy atom. The Hall–Kier alpha value is -5.44. The number of benzene rings is 3. The molecule has 0 spiro atoms. The molecule has 2 aromatic heterocycles. The number of pyridine rings is 1. The highest BCUT2D eigenvalue weighted by Crippen LogP contribution is 2.44. The average molecular weight is 825 g/mol. The number of carbonyl (C=O) groups excluding carboxylic acids is 1. The standard InChI is InChI=1S/C43H45ClN6O7S/c1-27-4-10-35-38(50(52)53)22-34(23-40(35)56-27)58(54,55)47-42(51)36-11-9-32(21-39(36)57-33-20-29-13-15-45-41(29)46-25-33)49-18-16-48(17-19-49)26-30-12-14-43(2,3)24-37(30)28-5-7-31(44)8-6-28/h5-9,11,13,15,20-23,25,27H,4,10,12,14,16-19,24,26H2,1-3H3,(H,45,46)(H,47,51). The molecule has 3 aliphatic rings. The molecule has 1 atom stereocenters. The number of carbonyl (C=O) groups is 1. The van der Waals surface area contributed by atoms with E-state index in [0.717, 1.165) is 74.1 Å². The topological polar surface area (TPSA) is 160 Å². The minimum atomic E-state index is -4.59. The molecule has 1 aliphatic carbocycles. The summed E-state index contributed by atoms with van der Waals surface area (Å²) in [6.45, 7) is 10.4. The van der Waals surface area contributed by atoms with Crippen LogP contribution in [0.2, 0.25) is 5.02 Å². The van der Waals surface area contributed by atoms with Gasteiger partial charge < -0.3 is 19.4 Å². The number of H-pyrrole nitrogens is 1. The van der Waals surface area contributed by atoms with Gasteiger partial charge in [-0.1, -0.05) is 43.2 Å². The Morgan fingerprint density at radius 3 is 2.60 bits per heavy atom. The van der Waals surface area contributed by atoms with Crippen LogP contribution in [0.4, 0.5) is 11.4 Å². The third-order valence-corrected chi connectivity index (χ3v) is 12.9. The molecule has 1 amide bonds. The Labute approximate surface area is 342 Å². The summed E-state index contributed by atoms with van der Waals surface area (Å²) in [5.74, 6) is -0.371. The number of aromatic nitrogens is 2. The lowest BCUT2D eigenvalue weighted by molar-refractivity contribution is -0.386. The largest absolute Gasteiger partial charge is 0.490 e. The molecule has 302 valence electrons. The molecule has 5 aromatic rings. The van der Waals surface area contributed by atoms with E-state index in [1.165, 1.54) is 35.0 Å². The first-order chi connectivity index (χ1) is 27.7. The minimum absolute atomic E-state index is 0.0423. The Balaban J connectivity index is 1.04. The molecule has 8 rings (SSSR count). The van der Waals surface area contributed by atoms with Crippen molar-refractivity contribution >= 4 is 55.5 Å². The van der Waals surface area contributed by atoms with Crippen molar-refractivity contribution in [3.63, 3.8) is 0 Å². The number of piperazine rings is 1. The summed E-state index contributed by atoms with van der Waals surface area (Å²) in [6, 6.07) is 19.0. The van der Waals surface area contributed by atoms with E-state index >= 15 is 0 Å². The number of allylic oxidation sites excluding steroid dienone is 1. The fourth-order valence-corrected chi connectivity index (χ4v) is 9.25. The van der Waals surface area contributed by atoms with Crippen molar-refractivity contribution < 1.29 is 27.6 Å². The van der Waals surface area contributed by atoms with E-state index in [4.69, 9.17) is 21.1 Å². The average Bonchev–Trinajstić information content (AvgIpc) is 3.66. The maximum absolute atomic E-state index is 13.9. The van der Waals surface area contributed by atoms with Gasteiger partial charge in [-0.15, -0.1) is 0 Å². The number of nitro benzene ring substituents is 1. The number of nitrogens with zero attached hydrogens (tertiary/aromatic N) is 4. The number of fused-ring (bicyclic) bond motifs is 2. The summed E-state index contributed by atoms with van der Waals surface area (Å²) in [4.78, 5) is 36.9. The van der Waals surface area contributed by atoms with Gasteiger partial charge in [0.2, 0.25) is 0 Å². The van der Waals surface area contributed by atoms with Crippen molar-refractivity contribution in [1.82, 2.24) is 19.6 Å². The van der Waals surface area contributed by atoms with E-state index in [1.807, 2.05) is 18.2 Å². The highest BCUT2D eigenvalue weighted by atomic mass is 35.5. The Bertz CT molecular complexity index is 2550. The van der Waals surface area contributed by atoms with Crippen molar-refractivity contribution in [2.24, 2.45) is 5.41 Å². The summed E-state index contributed by atoms with van der Waals surface area (Å²) in [7, 11) is -4.59. The van der Waals surface area contributed by atoms with Gasteiger partial charge >= 0.3 is 0 Å². The summed E-state index contributed by atoms with van der Waals surface area (Å²) < 4.78 is 41.6. The van der Waals surface area contributed by atoms with Crippen LogP contribution in [0.25, 0.3) is 16.6 Å². The van der Waals surface area contributed by atoms with Gasteiger partial charge in [0.05, 0.1) is 33.2 Å². The number of hydrogen-bond acceptors (Lipinski definition) is 10. The fraction of sp³-hybridized carbons (Fsp3) is 0.349. The van der Waals surface area contributed by atoms with E-state index in [9.17, 15) is 23.3 Å². The molecule has 1 fully saturated rings. The van der Waals surface area contributed by atoms with Gasteiger partial charge in [0.1, 0.15) is 22.9 Å². The lowest BCUT2D eigenvalue weighted by Gasteiger charge is -2.39. The SMILES string of the molecule is CC1CCc2c(cc(S(=O)(=O)NC(=O)c3ccc(N4CCN(CC5=C(c6ccc(Cl)cc6)CC(C)(C)CC5)CC4)cc3Oc3cnc4[nH]ccc4c3)cc2[N+](=O)[O-])O1. The molecule has 15 heteroatoms. The number of nitro groups is 1. The molecule has 2 aliphatic heterocycles. The molecular formula is C43H45ClN6O7S. The predicted octanol–water partition coefficient (Wildman–Crippen LogP) is 8.53. The van der Waals surface area contributed by atoms with E-state index in [1.54, 1.807) is 31.3 Å². The third-order valence-electron chi connectivity index (χ3n) is 11.4. The quantitative estimate of drug-likeness (QED) is 0.103. The van der Waals surface area contributed by atoms with Crippen LogP contribution in [-0.4, -0.2) is 72.9 Å². The number of ether oxygens (including phenoxy) is 2. The van der Waals surface area contributed by atoms with Gasteiger partial charge in [-0.05, 0) is 92.0 Å². The summed E-state index contributed by atoms with van der Waals surface area (Å²) >= 11 is 6.23. The lowest BCUT2D eigenvalue weighted by atomic mass is 9.72. The molecule has 13 nitrogen and oxygen atoms in total. The fourth-order valence-electron chi connectivity index (χ4n) is 8.12. The molecule has 1 saturated heterocycles. The van der Waals surface area contributed by atoms with Gasteiger partial charge in [0.15, 0.2) is 0 Å². The normalized spacial score (nSPS) is 18.4. The first-order valence-corrected chi connectivity index (χ1v) is 21.3. The molecular weight excluding hydrogens is 780 g/mol. The summed E-state index contributed by atoms with van der Waals surface area (Å²) in [5, 5.41) is 13.5. The van der Waals surface area contributed by atoms with Crippen molar-refractivity contribution in [1.29, 1.82) is 0 Å². The molecule has 2 N–H and O–H groups in total. The van der Waals surface area contributed by atoms with Crippen molar-refractivity contribution in [3.05, 3.63) is 117 Å². The monoisotopic (exact) mass is 824 g/mol. The highest BCUT2D eigenvalue weighted by Gasteiger charge is 2.32. The lowest BCUT2D eigenvalue weighted by Crippen LogP contribution is -2.47. The molecule has 0 bridgehead atoms. The zero-order chi connectivity index (χ0) is 40.8. The maximum atomic E-state index is 13.9. The highest BCUT2D eigenvalue weighted by molar-refractivity contribution is 7.90. The van der Waals surface area contributed by atoms with Gasteiger partial charge in [0.25, 0.3) is 21.6 Å². The smallest absolute Gasteiger partial charge is 0.277 e. The van der Waals surface area contributed by atoms with Crippen LogP contribution in [0.15, 0.2) is 89.6 Å². The second kappa shape index (κ2) is 15.7. The van der Waals surface area contributed by atoms with Crippen LogP contribution >= 0.6 is 11.6 Å². The van der Waals surface area contributed by atoms with Gasteiger partial charge in [-0.3, -0.25) is 19.8 Å². The predicted molar refractivity (Wildman–Crippen MR) is 223 cm³/mol. The zero-order valence-corrected chi connectivity index (χ0v) is 34.2. The molecule has 0 radical (unpaired) electrons. The Morgan fingerprint density at radius 2 is 1.84 bits per heavy atom. The second-order valence-electron chi connectivity index (χ2n) is 16.1. The maximum Gasteiger partial charge on any atom is 0.277 e. The number of nitrogens with one attached hydrogen (secondary N) is 2. The third kappa shape index (κ3) is 8.40. The number of amides is 1. The molecule has 0 saturated carbocycles. The second-order valence-corrected chi connectivity index (χ2v) is 18.3. The summed E-state index contributed by atoms with van der Waals surface area (Å²) in [5.41, 5.74) is 5.71. The van der Waals surface area contributed by atoms with Crippen LogP contribution < -0.4 is 19.1 Å². The number of aromatic amines is 1. The van der Waals surface area contributed by atoms with Crippen LogP contribution in [0.3, 0.4) is 0 Å². The number of hydrogen-bond donors (Lipinski definition) is 2. The molecule has 58 heavy (non-hydrogen) atoms. The van der Waals surface area contributed by atoms with Gasteiger partial charge in [0, 0.05) is 73.2 Å². The Kier molecular flexibility index (Phi) is 10.7.